The first kappa shape index (κ1) is 11.9. The van der Waals surface area contributed by atoms with Crippen LogP contribution in [0.5, 0.6) is 0 Å². The van der Waals surface area contributed by atoms with Gasteiger partial charge in [0.1, 0.15) is 0 Å². The van der Waals surface area contributed by atoms with Crippen LogP contribution < -0.4 is 4.90 Å². The number of hydrogen-bond donors (Lipinski definition) is 0. The van der Waals surface area contributed by atoms with E-state index in [1.807, 2.05) is 24.3 Å². The molecule has 1 aliphatic heterocycles. The van der Waals surface area contributed by atoms with E-state index < -0.39 is 0 Å². The fourth-order valence-electron chi connectivity index (χ4n) is 2.36. The van der Waals surface area contributed by atoms with Gasteiger partial charge >= 0.3 is 0 Å². The van der Waals surface area contributed by atoms with Crippen LogP contribution in [-0.4, -0.2) is 37.1 Å². The van der Waals surface area contributed by atoms with E-state index in [1.165, 1.54) is 5.69 Å². The molecule has 1 fully saturated rings. The Morgan fingerprint density at radius 2 is 1.65 bits per heavy atom. The molecule has 0 radical (unpaired) electrons. The molecular weight excluding hydrogens is 210 g/mol. The third kappa shape index (κ3) is 2.42. The van der Waals surface area contributed by atoms with Crippen molar-refractivity contribution in [2.24, 2.45) is 0 Å². The smallest absolute Gasteiger partial charge is 0.0991 e. The molecule has 0 saturated carbocycles. The van der Waals surface area contributed by atoms with Gasteiger partial charge in [-0.15, -0.1) is 0 Å². The van der Waals surface area contributed by atoms with Gasteiger partial charge in [0, 0.05) is 30.9 Å². The van der Waals surface area contributed by atoms with Gasteiger partial charge in [0.05, 0.1) is 11.6 Å². The van der Waals surface area contributed by atoms with Crippen molar-refractivity contribution in [1.29, 1.82) is 5.26 Å². The molecule has 3 heteroatoms. The number of likely N-dealkylation sites (N-methyl/N-ethyl adjacent to an activating group) is 1. The predicted octanol–water partition coefficient (Wildman–Crippen LogP) is 2.09. The lowest BCUT2D eigenvalue weighted by Gasteiger charge is -2.43. The zero-order valence-electron chi connectivity index (χ0n) is 10.7. The summed E-state index contributed by atoms with van der Waals surface area (Å²) in [5.74, 6) is 0. The number of benzene rings is 1. The van der Waals surface area contributed by atoms with Gasteiger partial charge in [-0.2, -0.15) is 5.26 Å². The fraction of sp³-hybridized carbons (Fsp3) is 0.500. The lowest BCUT2D eigenvalue weighted by atomic mass is 10.1. The molecule has 2 rings (SSSR count). The topological polar surface area (TPSA) is 30.3 Å². The summed E-state index contributed by atoms with van der Waals surface area (Å²) in [5.41, 5.74) is 1.94. The van der Waals surface area contributed by atoms with Gasteiger partial charge in [0.25, 0.3) is 0 Å². The second kappa shape index (κ2) is 4.77. The molecule has 1 aromatic rings. The third-order valence-electron chi connectivity index (χ3n) is 3.72. The SMILES string of the molecule is CC1CN(c2ccc(C#N)cc2)CC(C)N1C. The maximum atomic E-state index is 8.79. The van der Waals surface area contributed by atoms with Gasteiger partial charge in [-0.1, -0.05) is 0 Å². The van der Waals surface area contributed by atoms with Crippen LogP contribution in [0.25, 0.3) is 0 Å². The molecule has 0 N–H and O–H groups in total. The maximum absolute atomic E-state index is 8.79. The number of piperazine rings is 1. The molecule has 2 unspecified atom stereocenters. The van der Waals surface area contributed by atoms with Crippen molar-refractivity contribution in [3.05, 3.63) is 29.8 Å². The first-order valence-corrected chi connectivity index (χ1v) is 6.09. The van der Waals surface area contributed by atoms with Crippen molar-refractivity contribution in [1.82, 2.24) is 4.90 Å². The Kier molecular flexibility index (Phi) is 3.35. The minimum Gasteiger partial charge on any atom is -0.368 e. The molecule has 90 valence electrons. The summed E-state index contributed by atoms with van der Waals surface area (Å²) in [7, 11) is 2.19. The summed E-state index contributed by atoms with van der Waals surface area (Å²) in [6.07, 6.45) is 0. The highest BCUT2D eigenvalue weighted by atomic mass is 15.3. The summed E-state index contributed by atoms with van der Waals surface area (Å²) in [5, 5.41) is 8.79. The van der Waals surface area contributed by atoms with Crippen LogP contribution in [0.4, 0.5) is 5.69 Å². The van der Waals surface area contributed by atoms with Gasteiger partial charge < -0.3 is 4.90 Å². The molecule has 2 atom stereocenters. The summed E-state index contributed by atoms with van der Waals surface area (Å²) >= 11 is 0. The molecule has 0 bridgehead atoms. The summed E-state index contributed by atoms with van der Waals surface area (Å²) in [6.45, 7) is 6.61. The lowest BCUT2D eigenvalue weighted by Crippen LogP contribution is -2.55. The van der Waals surface area contributed by atoms with E-state index in [4.69, 9.17) is 5.26 Å². The molecule has 1 aromatic carbocycles. The Labute approximate surface area is 103 Å². The first-order valence-electron chi connectivity index (χ1n) is 6.09. The summed E-state index contributed by atoms with van der Waals surface area (Å²) < 4.78 is 0. The number of nitriles is 1. The number of nitrogens with zero attached hydrogens (tertiary/aromatic N) is 3. The number of hydrogen-bond acceptors (Lipinski definition) is 3. The van der Waals surface area contributed by atoms with E-state index in [0.717, 1.165) is 18.7 Å². The number of anilines is 1. The van der Waals surface area contributed by atoms with E-state index in [1.54, 1.807) is 0 Å². The van der Waals surface area contributed by atoms with E-state index in [0.29, 0.717) is 12.1 Å². The Morgan fingerprint density at radius 3 is 2.12 bits per heavy atom. The van der Waals surface area contributed by atoms with Crippen LogP contribution in [-0.2, 0) is 0 Å². The summed E-state index contributed by atoms with van der Waals surface area (Å²) in [6, 6.07) is 11.2. The third-order valence-corrected chi connectivity index (χ3v) is 3.72. The van der Waals surface area contributed by atoms with Gasteiger partial charge in [-0.3, -0.25) is 4.90 Å². The predicted molar refractivity (Wildman–Crippen MR) is 70.1 cm³/mol. The molecule has 17 heavy (non-hydrogen) atoms. The Bertz CT molecular complexity index is 406. The standard InChI is InChI=1S/C14H19N3/c1-11-9-17(10-12(2)16(11)3)14-6-4-13(8-15)5-7-14/h4-7,11-12H,9-10H2,1-3H3. The summed E-state index contributed by atoms with van der Waals surface area (Å²) in [4.78, 5) is 4.82. The highest BCUT2D eigenvalue weighted by molar-refractivity contribution is 5.50. The van der Waals surface area contributed by atoms with Crippen molar-refractivity contribution >= 4 is 5.69 Å². The van der Waals surface area contributed by atoms with Crippen molar-refractivity contribution < 1.29 is 0 Å². The Balaban J connectivity index is 2.15. The van der Waals surface area contributed by atoms with Crippen molar-refractivity contribution in [2.75, 3.05) is 25.0 Å². The number of rotatable bonds is 1. The molecular formula is C14H19N3. The van der Waals surface area contributed by atoms with Crippen molar-refractivity contribution in [3.63, 3.8) is 0 Å². The average Bonchev–Trinajstić information content (AvgIpc) is 2.35. The van der Waals surface area contributed by atoms with Crippen LogP contribution in [0, 0.1) is 11.3 Å². The van der Waals surface area contributed by atoms with Crippen LogP contribution in [0.15, 0.2) is 24.3 Å². The molecule has 3 nitrogen and oxygen atoms in total. The van der Waals surface area contributed by atoms with Gasteiger partial charge in [-0.25, -0.2) is 0 Å². The fourth-order valence-corrected chi connectivity index (χ4v) is 2.36. The second-order valence-electron chi connectivity index (χ2n) is 4.93. The quantitative estimate of drug-likeness (QED) is 0.738. The molecule has 1 saturated heterocycles. The second-order valence-corrected chi connectivity index (χ2v) is 4.93. The monoisotopic (exact) mass is 229 g/mol. The van der Waals surface area contributed by atoms with Crippen LogP contribution in [0.2, 0.25) is 0 Å². The minimum absolute atomic E-state index is 0.564. The first-order chi connectivity index (χ1) is 8.11. The highest BCUT2D eigenvalue weighted by Crippen LogP contribution is 2.21. The Morgan fingerprint density at radius 1 is 1.12 bits per heavy atom. The average molecular weight is 229 g/mol. The highest BCUT2D eigenvalue weighted by Gasteiger charge is 2.26. The van der Waals surface area contributed by atoms with E-state index in [-0.39, 0.29) is 0 Å². The maximum Gasteiger partial charge on any atom is 0.0991 e. The lowest BCUT2D eigenvalue weighted by molar-refractivity contribution is 0.170. The minimum atomic E-state index is 0.564. The molecule has 1 aliphatic rings. The van der Waals surface area contributed by atoms with Gasteiger partial charge in [0.15, 0.2) is 0 Å². The van der Waals surface area contributed by atoms with E-state index >= 15 is 0 Å². The zero-order valence-corrected chi connectivity index (χ0v) is 10.7. The Hall–Kier alpha value is -1.53. The largest absolute Gasteiger partial charge is 0.368 e. The van der Waals surface area contributed by atoms with E-state index in [2.05, 4.69) is 36.8 Å². The molecule has 0 aromatic heterocycles. The van der Waals surface area contributed by atoms with E-state index in [9.17, 15) is 0 Å². The van der Waals surface area contributed by atoms with Gasteiger partial charge in [-0.05, 0) is 45.2 Å². The molecule has 0 aliphatic carbocycles. The molecule has 1 heterocycles. The van der Waals surface area contributed by atoms with Crippen LogP contribution >= 0.6 is 0 Å². The zero-order chi connectivity index (χ0) is 12.4. The van der Waals surface area contributed by atoms with Gasteiger partial charge in [0.2, 0.25) is 0 Å². The normalized spacial score (nSPS) is 25.6. The molecule has 0 amide bonds. The van der Waals surface area contributed by atoms with Crippen LogP contribution in [0.3, 0.4) is 0 Å². The van der Waals surface area contributed by atoms with Crippen LogP contribution in [0.1, 0.15) is 19.4 Å². The van der Waals surface area contributed by atoms with Crippen molar-refractivity contribution in [3.8, 4) is 6.07 Å². The molecule has 0 spiro atoms. The van der Waals surface area contributed by atoms with Crippen molar-refractivity contribution in [2.45, 2.75) is 25.9 Å².